The highest BCUT2D eigenvalue weighted by Crippen LogP contribution is 2.43. The van der Waals surface area contributed by atoms with Gasteiger partial charge < -0.3 is 14.8 Å². The Morgan fingerprint density at radius 1 is 1.40 bits per heavy atom. The zero-order valence-corrected chi connectivity index (χ0v) is 8.82. The first-order valence-electron chi connectivity index (χ1n) is 5.40. The molecule has 0 amide bonds. The van der Waals surface area contributed by atoms with Gasteiger partial charge in [-0.3, -0.25) is 0 Å². The number of ether oxygens (including phenoxy) is 2. The Bertz CT molecular complexity index is 364. The zero-order valence-electron chi connectivity index (χ0n) is 8.82. The molecule has 0 saturated carbocycles. The summed E-state index contributed by atoms with van der Waals surface area (Å²) >= 11 is 0. The standard InChI is InChI=1S/C12H15NO2/c1-14-10-3-2-4-11-12(10)9-6-13-5-8(9)7-15-11/h2-4,8-9,13H,5-7H2,1H3/t8-,9-/m1/s1. The van der Waals surface area contributed by atoms with Crippen molar-refractivity contribution in [2.24, 2.45) is 5.92 Å². The van der Waals surface area contributed by atoms with Crippen LogP contribution in [0.25, 0.3) is 0 Å². The number of hydrogen-bond acceptors (Lipinski definition) is 3. The molecule has 2 aliphatic rings. The van der Waals surface area contributed by atoms with E-state index in [4.69, 9.17) is 9.47 Å². The van der Waals surface area contributed by atoms with Crippen LogP contribution in [0.1, 0.15) is 11.5 Å². The summed E-state index contributed by atoms with van der Waals surface area (Å²) in [6.45, 7) is 2.93. The molecule has 1 aromatic rings. The Hall–Kier alpha value is -1.22. The lowest BCUT2D eigenvalue weighted by Gasteiger charge is -2.29. The Labute approximate surface area is 89.4 Å². The van der Waals surface area contributed by atoms with Crippen molar-refractivity contribution in [1.82, 2.24) is 5.32 Å². The van der Waals surface area contributed by atoms with Gasteiger partial charge in [-0.15, -0.1) is 0 Å². The van der Waals surface area contributed by atoms with Crippen molar-refractivity contribution in [3.8, 4) is 11.5 Å². The Morgan fingerprint density at radius 3 is 3.20 bits per heavy atom. The molecule has 3 nitrogen and oxygen atoms in total. The van der Waals surface area contributed by atoms with Crippen molar-refractivity contribution in [2.75, 3.05) is 26.8 Å². The molecule has 3 heteroatoms. The van der Waals surface area contributed by atoms with Crippen LogP contribution in [0.3, 0.4) is 0 Å². The number of rotatable bonds is 1. The lowest BCUT2D eigenvalue weighted by Crippen LogP contribution is -2.25. The molecule has 2 aliphatic heterocycles. The summed E-state index contributed by atoms with van der Waals surface area (Å²) in [5.41, 5.74) is 1.25. The van der Waals surface area contributed by atoms with Crippen LogP contribution in [-0.2, 0) is 0 Å². The molecular formula is C12H15NO2. The predicted molar refractivity (Wildman–Crippen MR) is 57.6 cm³/mol. The molecule has 3 rings (SSSR count). The number of fused-ring (bicyclic) bond motifs is 3. The van der Waals surface area contributed by atoms with Gasteiger partial charge in [0, 0.05) is 30.5 Å². The van der Waals surface area contributed by atoms with Gasteiger partial charge in [0.1, 0.15) is 11.5 Å². The second kappa shape index (κ2) is 3.42. The molecule has 0 unspecified atom stereocenters. The van der Waals surface area contributed by atoms with Gasteiger partial charge in [-0.25, -0.2) is 0 Å². The molecule has 1 fully saturated rings. The second-order valence-corrected chi connectivity index (χ2v) is 4.21. The molecule has 80 valence electrons. The minimum absolute atomic E-state index is 0.560. The molecule has 1 N–H and O–H groups in total. The smallest absolute Gasteiger partial charge is 0.126 e. The van der Waals surface area contributed by atoms with Crippen LogP contribution in [0.15, 0.2) is 18.2 Å². The highest BCUT2D eigenvalue weighted by Gasteiger charge is 2.36. The summed E-state index contributed by atoms with van der Waals surface area (Å²) in [6, 6.07) is 6.04. The van der Waals surface area contributed by atoms with Crippen molar-refractivity contribution in [2.45, 2.75) is 5.92 Å². The maximum Gasteiger partial charge on any atom is 0.126 e. The van der Waals surface area contributed by atoms with Crippen LogP contribution in [0.5, 0.6) is 11.5 Å². The monoisotopic (exact) mass is 205 g/mol. The lowest BCUT2D eigenvalue weighted by atomic mass is 9.86. The van der Waals surface area contributed by atoms with Crippen molar-refractivity contribution < 1.29 is 9.47 Å². The van der Waals surface area contributed by atoms with Crippen molar-refractivity contribution in [1.29, 1.82) is 0 Å². The van der Waals surface area contributed by atoms with Gasteiger partial charge in [-0.1, -0.05) is 6.07 Å². The molecule has 2 heterocycles. The van der Waals surface area contributed by atoms with Crippen LogP contribution in [0.2, 0.25) is 0 Å². The fourth-order valence-corrected chi connectivity index (χ4v) is 2.64. The van der Waals surface area contributed by atoms with E-state index in [2.05, 4.69) is 5.32 Å². The third-order valence-corrected chi connectivity index (χ3v) is 3.41. The molecule has 0 aliphatic carbocycles. The van der Waals surface area contributed by atoms with Gasteiger partial charge in [0.15, 0.2) is 0 Å². The van der Waals surface area contributed by atoms with E-state index < -0.39 is 0 Å². The molecule has 0 radical (unpaired) electrons. The summed E-state index contributed by atoms with van der Waals surface area (Å²) < 4.78 is 11.2. The summed E-state index contributed by atoms with van der Waals surface area (Å²) in [5, 5.41) is 3.42. The molecule has 0 aromatic heterocycles. The van der Waals surface area contributed by atoms with E-state index in [0.29, 0.717) is 11.8 Å². The maximum absolute atomic E-state index is 5.76. The van der Waals surface area contributed by atoms with E-state index >= 15 is 0 Å². The van der Waals surface area contributed by atoms with Crippen molar-refractivity contribution in [3.63, 3.8) is 0 Å². The van der Waals surface area contributed by atoms with Crippen LogP contribution in [-0.4, -0.2) is 26.8 Å². The number of methoxy groups -OCH3 is 1. The van der Waals surface area contributed by atoms with Gasteiger partial charge >= 0.3 is 0 Å². The summed E-state index contributed by atoms with van der Waals surface area (Å²) in [7, 11) is 1.72. The maximum atomic E-state index is 5.76. The average molecular weight is 205 g/mol. The second-order valence-electron chi connectivity index (χ2n) is 4.21. The molecule has 1 aromatic carbocycles. The van der Waals surface area contributed by atoms with Crippen molar-refractivity contribution in [3.05, 3.63) is 23.8 Å². The predicted octanol–water partition coefficient (Wildman–Crippen LogP) is 1.39. The van der Waals surface area contributed by atoms with E-state index in [1.807, 2.05) is 18.2 Å². The first-order valence-corrected chi connectivity index (χ1v) is 5.40. The van der Waals surface area contributed by atoms with Gasteiger partial charge in [-0.2, -0.15) is 0 Å². The minimum Gasteiger partial charge on any atom is -0.496 e. The first kappa shape index (κ1) is 9.04. The third kappa shape index (κ3) is 1.30. The molecule has 0 spiro atoms. The Morgan fingerprint density at radius 2 is 2.33 bits per heavy atom. The SMILES string of the molecule is COc1cccc2c1[C@@H]1CNC[C@@H]1CO2. The summed E-state index contributed by atoms with van der Waals surface area (Å²) in [5.74, 6) is 3.13. The van der Waals surface area contributed by atoms with E-state index in [1.165, 1.54) is 5.56 Å². The fraction of sp³-hybridized carbons (Fsp3) is 0.500. The van der Waals surface area contributed by atoms with E-state index in [1.54, 1.807) is 7.11 Å². The van der Waals surface area contributed by atoms with E-state index in [9.17, 15) is 0 Å². The average Bonchev–Trinajstić information content (AvgIpc) is 2.76. The highest BCUT2D eigenvalue weighted by molar-refractivity contribution is 5.49. The lowest BCUT2D eigenvalue weighted by molar-refractivity contribution is 0.215. The summed E-state index contributed by atoms with van der Waals surface area (Å²) in [6.07, 6.45) is 0. The number of nitrogens with one attached hydrogen (secondary N) is 1. The van der Waals surface area contributed by atoms with E-state index in [0.717, 1.165) is 31.2 Å². The quantitative estimate of drug-likeness (QED) is 0.751. The molecule has 2 atom stereocenters. The molecular weight excluding hydrogens is 190 g/mol. The Kier molecular flexibility index (Phi) is 2.06. The topological polar surface area (TPSA) is 30.5 Å². The molecule has 0 bridgehead atoms. The van der Waals surface area contributed by atoms with E-state index in [-0.39, 0.29) is 0 Å². The first-order chi connectivity index (χ1) is 7.40. The van der Waals surface area contributed by atoms with Gasteiger partial charge in [0.2, 0.25) is 0 Å². The Balaban J connectivity index is 2.10. The van der Waals surface area contributed by atoms with Crippen LogP contribution >= 0.6 is 0 Å². The van der Waals surface area contributed by atoms with Crippen molar-refractivity contribution >= 4 is 0 Å². The number of benzene rings is 1. The highest BCUT2D eigenvalue weighted by atomic mass is 16.5. The van der Waals surface area contributed by atoms with Gasteiger partial charge in [0.25, 0.3) is 0 Å². The minimum atomic E-state index is 0.560. The fourth-order valence-electron chi connectivity index (χ4n) is 2.64. The van der Waals surface area contributed by atoms with Gasteiger partial charge in [0.05, 0.1) is 13.7 Å². The van der Waals surface area contributed by atoms with Crippen LogP contribution < -0.4 is 14.8 Å². The third-order valence-electron chi connectivity index (χ3n) is 3.41. The molecule has 1 saturated heterocycles. The summed E-state index contributed by atoms with van der Waals surface area (Å²) in [4.78, 5) is 0. The normalized spacial score (nSPS) is 27.8. The number of hydrogen-bond donors (Lipinski definition) is 1. The van der Waals surface area contributed by atoms with Gasteiger partial charge in [-0.05, 0) is 12.1 Å². The molecule has 15 heavy (non-hydrogen) atoms. The van der Waals surface area contributed by atoms with Crippen LogP contribution in [0, 0.1) is 5.92 Å². The largest absolute Gasteiger partial charge is 0.496 e. The zero-order chi connectivity index (χ0) is 10.3. The van der Waals surface area contributed by atoms with Crippen LogP contribution in [0.4, 0.5) is 0 Å².